The van der Waals surface area contributed by atoms with Crippen molar-refractivity contribution in [3.05, 3.63) is 64.0 Å². The summed E-state index contributed by atoms with van der Waals surface area (Å²) in [5.41, 5.74) is 2.23. The first-order valence-electron chi connectivity index (χ1n) is 10.7. The molecule has 0 bridgehead atoms. The molecule has 2 aliphatic heterocycles. The van der Waals surface area contributed by atoms with Crippen molar-refractivity contribution < 1.29 is 9.59 Å². The molecule has 3 aromatic rings. The fraction of sp³-hybridized carbons (Fsp3) is 0.333. The lowest BCUT2D eigenvalue weighted by molar-refractivity contribution is 0.0650. The fourth-order valence-electron chi connectivity index (χ4n) is 4.54. The highest BCUT2D eigenvalue weighted by molar-refractivity contribution is 7.17. The van der Waals surface area contributed by atoms with Crippen LogP contribution in [0.5, 0.6) is 0 Å². The van der Waals surface area contributed by atoms with Gasteiger partial charge in [0.25, 0.3) is 11.8 Å². The van der Waals surface area contributed by atoms with Gasteiger partial charge in [-0.05, 0) is 61.2 Å². The van der Waals surface area contributed by atoms with Crippen LogP contribution in [0.1, 0.15) is 33.6 Å². The largest absolute Gasteiger partial charge is 0.368 e. The van der Waals surface area contributed by atoms with Crippen LogP contribution in [-0.4, -0.2) is 60.9 Å². The number of benzene rings is 2. The number of carbonyl (C=O) groups is 2. The molecule has 0 unspecified atom stereocenters. The predicted octanol–water partition coefficient (Wildman–Crippen LogP) is 4.75. The van der Waals surface area contributed by atoms with E-state index in [2.05, 4.69) is 39.4 Å². The summed E-state index contributed by atoms with van der Waals surface area (Å²) in [6.07, 6.45) is 1.78. The van der Waals surface area contributed by atoms with Crippen molar-refractivity contribution in [2.45, 2.75) is 12.8 Å². The number of carbonyl (C=O) groups excluding carboxylic acids is 2. The Bertz CT molecular complexity index is 1140. The second kappa shape index (κ2) is 8.61. The third-order valence-electron chi connectivity index (χ3n) is 6.22. The van der Waals surface area contributed by atoms with E-state index in [1.165, 1.54) is 20.7 Å². The smallest absolute Gasteiger partial charge is 0.261 e. The number of rotatable bonds is 6. The second-order valence-corrected chi connectivity index (χ2v) is 9.48. The van der Waals surface area contributed by atoms with Gasteiger partial charge >= 0.3 is 0 Å². The molecule has 2 aromatic carbocycles. The molecule has 0 N–H and O–H groups in total. The van der Waals surface area contributed by atoms with E-state index in [1.54, 1.807) is 29.5 Å². The van der Waals surface area contributed by atoms with Gasteiger partial charge < -0.3 is 4.90 Å². The zero-order chi connectivity index (χ0) is 21.4. The van der Waals surface area contributed by atoms with Crippen molar-refractivity contribution in [3.8, 4) is 0 Å². The number of nitrogens with zero attached hydrogens (tertiary/aromatic N) is 3. The summed E-state index contributed by atoms with van der Waals surface area (Å²) in [5, 5.41) is 3.99. The summed E-state index contributed by atoms with van der Waals surface area (Å²) < 4.78 is 1.34. The summed E-state index contributed by atoms with van der Waals surface area (Å²) in [6, 6.07) is 13.7. The lowest BCUT2D eigenvalue weighted by Crippen LogP contribution is -2.46. The highest BCUT2D eigenvalue weighted by Crippen LogP contribution is 2.31. The summed E-state index contributed by atoms with van der Waals surface area (Å²) >= 11 is 7.77. The molecule has 5 nitrogen and oxygen atoms in total. The molecule has 1 fully saturated rings. The quantitative estimate of drug-likeness (QED) is 0.399. The van der Waals surface area contributed by atoms with Crippen LogP contribution in [0.3, 0.4) is 0 Å². The number of fused-ring (bicyclic) bond motifs is 2. The molecule has 0 saturated carbocycles. The number of imide groups is 1. The van der Waals surface area contributed by atoms with Crippen LogP contribution < -0.4 is 4.90 Å². The zero-order valence-corrected chi connectivity index (χ0v) is 18.8. The Hall–Kier alpha value is -2.41. The second-order valence-electron chi connectivity index (χ2n) is 8.10. The van der Waals surface area contributed by atoms with E-state index in [0.29, 0.717) is 22.7 Å². The Kier molecular flexibility index (Phi) is 5.69. The van der Waals surface area contributed by atoms with Crippen molar-refractivity contribution in [1.82, 2.24) is 9.80 Å². The van der Waals surface area contributed by atoms with Crippen LogP contribution >= 0.6 is 22.9 Å². The minimum atomic E-state index is -0.223. The van der Waals surface area contributed by atoms with Crippen molar-refractivity contribution >= 4 is 50.5 Å². The Morgan fingerprint density at radius 1 is 0.871 bits per heavy atom. The standard InChI is InChI=1S/C24H24ClN3O2S/c25-17-6-7-18-20(16-17)24(30)28(23(18)29)10-2-1-9-26-11-13-27(14-12-26)21-4-3-5-22-19(21)8-15-31-22/h3-8,15-16H,1-2,9-14H2. The third-order valence-corrected chi connectivity index (χ3v) is 7.34. The van der Waals surface area contributed by atoms with Crippen molar-refractivity contribution in [3.63, 3.8) is 0 Å². The van der Waals surface area contributed by atoms with E-state index in [-0.39, 0.29) is 11.8 Å². The van der Waals surface area contributed by atoms with Gasteiger partial charge in [0.1, 0.15) is 0 Å². The first kappa shape index (κ1) is 20.5. The number of thiophene rings is 1. The molecule has 2 aliphatic rings. The number of anilines is 1. The maximum atomic E-state index is 12.5. The zero-order valence-electron chi connectivity index (χ0n) is 17.2. The SMILES string of the molecule is O=C1c2ccc(Cl)cc2C(=O)N1CCCCN1CCN(c2cccc3sccc23)CC1. The van der Waals surface area contributed by atoms with E-state index >= 15 is 0 Å². The average Bonchev–Trinajstić information content (AvgIpc) is 3.35. The van der Waals surface area contributed by atoms with Crippen LogP contribution in [0.25, 0.3) is 10.1 Å². The summed E-state index contributed by atoms with van der Waals surface area (Å²) in [4.78, 5) is 31.4. The van der Waals surface area contributed by atoms with Gasteiger partial charge in [-0.2, -0.15) is 0 Å². The molecule has 0 radical (unpaired) electrons. The molecule has 7 heteroatoms. The Morgan fingerprint density at radius 3 is 2.48 bits per heavy atom. The minimum absolute atomic E-state index is 0.201. The molecule has 1 aromatic heterocycles. The molecule has 160 valence electrons. The van der Waals surface area contributed by atoms with Crippen molar-refractivity contribution in [2.24, 2.45) is 0 Å². The normalized spacial score (nSPS) is 17.1. The van der Waals surface area contributed by atoms with E-state index in [0.717, 1.165) is 45.6 Å². The van der Waals surface area contributed by atoms with Gasteiger partial charge in [-0.25, -0.2) is 0 Å². The number of unbranched alkanes of at least 4 members (excludes halogenated alkanes) is 1. The van der Waals surface area contributed by atoms with Crippen LogP contribution in [0.2, 0.25) is 5.02 Å². The van der Waals surface area contributed by atoms with Gasteiger partial charge in [-0.3, -0.25) is 19.4 Å². The van der Waals surface area contributed by atoms with Crippen LogP contribution in [0, 0.1) is 0 Å². The van der Waals surface area contributed by atoms with Gasteiger partial charge in [0, 0.05) is 53.5 Å². The molecule has 0 aliphatic carbocycles. The number of amides is 2. The van der Waals surface area contributed by atoms with Crippen LogP contribution in [0.15, 0.2) is 47.8 Å². The van der Waals surface area contributed by atoms with Gasteiger partial charge in [-0.15, -0.1) is 11.3 Å². The number of halogens is 1. The maximum Gasteiger partial charge on any atom is 0.261 e. The highest BCUT2D eigenvalue weighted by atomic mass is 35.5. The molecule has 0 spiro atoms. The van der Waals surface area contributed by atoms with Crippen LogP contribution in [-0.2, 0) is 0 Å². The van der Waals surface area contributed by atoms with Gasteiger partial charge in [0.2, 0.25) is 0 Å². The van der Waals surface area contributed by atoms with E-state index < -0.39 is 0 Å². The maximum absolute atomic E-state index is 12.5. The Morgan fingerprint density at radius 2 is 1.65 bits per heavy atom. The lowest BCUT2D eigenvalue weighted by Gasteiger charge is -2.36. The van der Waals surface area contributed by atoms with Crippen molar-refractivity contribution in [1.29, 1.82) is 0 Å². The van der Waals surface area contributed by atoms with Gasteiger partial charge in [-0.1, -0.05) is 17.7 Å². The first-order chi connectivity index (χ1) is 15.1. The Balaban J connectivity index is 1.09. The van der Waals surface area contributed by atoms with Gasteiger partial charge in [0.15, 0.2) is 0 Å². The number of piperazine rings is 1. The first-order valence-corrected chi connectivity index (χ1v) is 12.0. The van der Waals surface area contributed by atoms with Crippen molar-refractivity contribution in [2.75, 3.05) is 44.2 Å². The van der Waals surface area contributed by atoms with Gasteiger partial charge in [0.05, 0.1) is 11.1 Å². The molecule has 1 saturated heterocycles. The van der Waals surface area contributed by atoms with E-state index in [1.807, 2.05) is 0 Å². The molecule has 2 amide bonds. The summed E-state index contributed by atoms with van der Waals surface area (Å²) in [5.74, 6) is -0.424. The van der Waals surface area contributed by atoms with Crippen LogP contribution in [0.4, 0.5) is 5.69 Å². The summed E-state index contributed by atoms with van der Waals surface area (Å²) in [6.45, 7) is 5.57. The highest BCUT2D eigenvalue weighted by Gasteiger charge is 2.35. The monoisotopic (exact) mass is 453 g/mol. The molecule has 3 heterocycles. The number of hydrogen-bond donors (Lipinski definition) is 0. The molecular weight excluding hydrogens is 430 g/mol. The third kappa shape index (κ3) is 3.95. The molecule has 5 rings (SSSR count). The lowest BCUT2D eigenvalue weighted by atomic mass is 10.1. The molecular formula is C24H24ClN3O2S. The Labute approximate surface area is 190 Å². The molecule has 31 heavy (non-hydrogen) atoms. The minimum Gasteiger partial charge on any atom is -0.368 e. The number of hydrogen-bond acceptors (Lipinski definition) is 5. The average molecular weight is 454 g/mol. The predicted molar refractivity (Wildman–Crippen MR) is 127 cm³/mol. The van der Waals surface area contributed by atoms with E-state index in [4.69, 9.17) is 11.6 Å². The topological polar surface area (TPSA) is 43.9 Å². The van der Waals surface area contributed by atoms with E-state index in [9.17, 15) is 9.59 Å². The molecule has 0 atom stereocenters. The summed E-state index contributed by atoms with van der Waals surface area (Å²) in [7, 11) is 0. The fourth-order valence-corrected chi connectivity index (χ4v) is 5.52.